The maximum Gasteiger partial charge on any atom is 0.165 e. The van der Waals surface area contributed by atoms with E-state index in [-0.39, 0.29) is 17.9 Å². The fourth-order valence-electron chi connectivity index (χ4n) is 1.79. The number of hydrogen-bond acceptors (Lipinski definition) is 3. The van der Waals surface area contributed by atoms with Crippen LogP contribution in [0.1, 0.15) is 11.1 Å². The van der Waals surface area contributed by atoms with Gasteiger partial charge in [-0.05, 0) is 29.3 Å². The van der Waals surface area contributed by atoms with Crippen molar-refractivity contribution in [2.24, 2.45) is 0 Å². The highest BCUT2D eigenvalue weighted by Crippen LogP contribution is 2.21. The zero-order chi connectivity index (χ0) is 15.9. The van der Waals surface area contributed by atoms with Crippen molar-refractivity contribution in [3.05, 3.63) is 70.8 Å². The fraction of sp³-hybridized carbons (Fsp3) is 0.0588. The van der Waals surface area contributed by atoms with Gasteiger partial charge in [0.05, 0.1) is 0 Å². The van der Waals surface area contributed by atoms with Crippen LogP contribution in [0.2, 0.25) is 0 Å². The molecule has 22 heavy (non-hydrogen) atoms. The third kappa shape index (κ3) is 3.68. The lowest BCUT2D eigenvalue weighted by molar-refractivity contribution is 0.288. The van der Waals surface area contributed by atoms with Crippen molar-refractivity contribution in [1.29, 1.82) is 10.5 Å². The topological polar surface area (TPSA) is 56.8 Å². The van der Waals surface area contributed by atoms with Gasteiger partial charge < -0.3 is 4.74 Å². The van der Waals surface area contributed by atoms with Crippen LogP contribution in [0, 0.1) is 34.3 Å². The molecular weight excluding hydrogens is 286 g/mol. The summed E-state index contributed by atoms with van der Waals surface area (Å²) in [4.78, 5) is 0. The predicted molar refractivity (Wildman–Crippen MR) is 76.3 cm³/mol. The maximum absolute atomic E-state index is 13.5. The Morgan fingerprint density at radius 1 is 1.09 bits per heavy atom. The van der Waals surface area contributed by atoms with Gasteiger partial charge in [0.1, 0.15) is 30.1 Å². The van der Waals surface area contributed by atoms with Crippen LogP contribution in [0.4, 0.5) is 8.78 Å². The Balaban J connectivity index is 2.24. The lowest BCUT2D eigenvalue weighted by Gasteiger charge is -2.09. The van der Waals surface area contributed by atoms with Crippen molar-refractivity contribution in [2.75, 3.05) is 0 Å². The molecule has 2 aromatic rings. The van der Waals surface area contributed by atoms with Gasteiger partial charge >= 0.3 is 0 Å². The summed E-state index contributed by atoms with van der Waals surface area (Å²) in [6.07, 6.45) is 1.42. The molecule has 108 valence electrons. The minimum absolute atomic E-state index is 0.0167. The van der Waals surface area contributed by atoms with Gasteiger partial charge in [-0.15, -0.1) is 0 Å². The van der Waals surface area contributed by atoms with Gasteiger partial charge in [-0.2, -0.15) is 10.5 Å². The first kappa shape index (κ1) is 15.2. The first-order valence-electron chi connectivity index (χ1n) is 6.31. The molecule has 5 heteroatoms. The third-order valence-electron chi connectivity index (χ3n) is 2.87. The van der Waals surface area contributed by atoms with Crippen LogP contribution in [-0.2, 0) is 6.61 Å². The van der Waals surface area contributed by atoms with Crippen LogP contribution >= 0.6 is 0 Å². The molecule has 0 fully saturated rings. The highest BCUT2D eigenvalue weighted by Gasteiger charge is 2.07. The molecule has 0 N–H and O–H groups in total. The lowest BCUT2D eigenvalue weighted by atomic mass is 10.1. The van der Waals surface area contributed by atoms with Gasteiger partial charge in [0.25, 0.3) is 0 Å². The van der Waals surface area contributed by atoms with E-state index < -0.39 is 11.6 Å². The Morgan fingerprint density at radius 3 is 2.55 bits per heavy atom. The van der Waals surface area contributed by atoms with E-state index in [9.17, 15) is 8.78 Å². The number of hydrogen-bond donors (Lipinski definition) is 0. The van der Waals surface area contributed by atoms with Crippen molar-refractivity contribution in [1.82, 2.24) is 0 Å². The summed E-state index contributed by atoms with van der Waals surface area (Å²) in [5, 5.41) is 17.6. The minimum atomic E-state index is -0.663. The molecule has 0 aromatic heterocycles. The summed E-state index contributed by atoms with van der Waals surface area (Å²) >= 11 is 0. The molecule has 0 spiro atoms. The average molecular weight is 296 g/mol. The van der Waals surface area contributed by atoms with Crippen LogP contribution in [-0.4, -0.2) is 0 Å². The SMILES string of the molecule is N#CC(C#N)=Cc1ccccc1COc1cc(F)ccc1F. The van der Waals surface area contributed by atoms with Gasteiger partial charge in [-0.3, -0.25) is 0 Å². The molecule has 0 unspecified atom stereocenters. The molecule has 0 atom stereocenters. The van der Waals surface area contributed by atoms with E-state index in [1.54, 1.807) is 36.4 Å². The van der Waals surface area contributed by atoms with Crippen LogP contribution in [0.3, 0.4) is 0 Å². The second kappa shape index (κ2) is 7.01. The van der Waals surface area contributed by atoms with Crippen molar-refractivity contribution in [2.45, 2.75) is 6.61 Å². The standard InChI is InChI=1S/C17H10F2N2O/c18-15-5-6-16(19)17(8-15)22-11-14-4-2-1-3-13(14)7-12(9-20)10-21/h1-8H,11H2. The van der Waals surface area contributed by atoms with E-state index in [0.717, 1.165) is 18.2 Å². The Kier molecular flexibility index (Phi) is 4.85. The molecule has 2 aromatic carbocycles. The average Bonchev–Trinajstić information content (AvgIpc) is 2.54. The van der Waals surface area contributed by atoms with E-state index in [1.807, 2.05) is 0 Å². The molecule has 0 aliphatic carbocycles. The van der Waals surface area contributed by atoms with Gasteiger partial charge in [0, 0.05) is 6.07 Å². The second-order valence-electron chi connectivity index (χ2n) is 4.34. The lowest BCUT2D eigenvalue weighted by Crippen LogP contribution is -2.00. The van der Waals surface area contributed by atoms with Crippen LogP contribution in [0.15, 0.2) is 48.0 Å². The van der Waals surface area contributed by atoms with Crippen LogP contribution in [0.5, 0.6) is 5.75 Å². The zero-order valence-electron chi connectivity index (χ0n) is 11.4. The first-order valence-corrected chi connectivity index (χ1v) is 6.31. The molecule has 0 radical (unpaired) electrons. The predicted octanol–water partition coefficient (Wildman–Crippen LogP) is 3.97. The van der Waals surface area contributed by atoms with Crippen LogP contribution in [0.25, 0.3) is 6.08 Å². The largest absolute Gasteiger partial charge is 0.486 e. The van der Waals surface area contributed by atoms with Gasteiger partial charge in [0.15, 0.2) is 11.6 Å². The third-order valence-corrected chi connectivity index (χ3v) is 2.87. The summed E-state index contributed by atoms with van der Waals surface area (Å²) in [5.41, 5.74) is 1.20. The molecule has 0 aliphatic heterocycles. The number of allylic oxidation sites excluding steroid dienone is 1. The van der Waals surface area contributed by atoms with E-state index in [2.05, 4.69) is 0 Å². The number of benzene rings is 2. The molecule has 0 heterocycles. The summed E-state index contributed by atoms with van der Waals surface area (Å²) in [5.74, 6) is -1.45. The number of ether oxygens (including phenoxy) is 1. The maximum atomic E-state index is 13.5. The van der Waals surface area contributed by atoms with Crippen molar-refractivity contribution in [3.63, 3.8) is 0 Å². The Hall–Kier alpha value is -3.18. The highest BCUT2D eigenvalue weighted by molar-refractivity contribution is 5.64. The number of nitriles is 2. The summed E-state index contributed by atoms with van der Waals surface area (Å²) in [6.45, 7) is -0.0167. The summed E-state index contributed by atoms with van der Waals surface area (Å²) < 4.78 is 31.9. The smallest absolute Gasteiger partial charge is 0.165 e. The Morgan fingerprint density at radius 2 is 1.82 bits per heavy atom. The quantitative estimate of drug-likeness (QED) is 0.802. The van der Waals surface area contributed by atoms with E-state index in [1.165, 1.54) is 6.08 Å². The van der Waals surface area contributed by atoms with E-state index >= 15 is 0 Å². The van der Waals surface area contributed by atoms with Crippen LogP contribution < -0.4 is 4.74 Å². The Bertz CT molecular complexity index is 785. The molecular formula is C17H10F2N2O. The molecule has 0 saturated carbocycles. The highest BCUT2D eigenvalue weighted by atomic mass is 19.1. The Labute approximate surface area is 126 Å². The monoisotopic (exact) mass is 296 g/mol. The summed E-state index contributed by atoms with van der Waals surface area (Å²) in [7, 11) is 0. The molecule has 2 rings (SSSR count). The zero-order valence-corrected chi connectivity index (χ0v) is 11.4. The molecule has 0 bridgehead atoms. The van der Waals surface area contributed by atoms with Crippen molar-refractivity contribution < 1.29 is 13.5 Å². The molecule has 0 saturated heterocycles. The first-order chi connectivity index (χ1) is 10.6. The van der Waals surface area contributed by atoms with Gasteiger partial charge in [-0.1, -0.05) is 24.3 Å². The van der Waals surface area contributed by atoms with Gasteiger partial charge in [0.2, 0.25) is 0 Å². The van der Waals surface area contributed by atoms with E-state index in [4.69, 9.17) is 15.3 Å². The molecule has 0 aliphatic rings. The molecule has 0 amide bonds. The van der Waals surface area contributed by atoms with Crippen molar-refractivity contribution >= 4 is 6.08 Å². The number of nitrogens with zero attached hydrogens (tertiary/aromatic N) is 2. The van der Waals surface area contributed by atoms with Gasteiger partial charge in [-0.25, -0.2) is 8.78 Å². The number of halogens is 2. The normalized spacial score (nSPS) is 9.45. The second-order valence-corrected chi connectivity index (χ2v) is 4.34. The number of rotatable bonds is 4. The fourth-order valence-corrected chi connectivity index (χ4v) is 1.79. The molecule has 3 nitrogen and oxygen atoms in total. The minimum Gasteiger partial charge on any atom is -0.486 e. The van der Waals surface area contributed by atoms with Crippen molar-refractivity contribution in [3.8, 4) is 17.9 Å². The van der Waals surface area contributed by atoms with E-state index in [0.29, 0.717) is 11.1 Å². The summed E-state index contributed by atoms with van der Waals surface area (Å²) in [6, 6.07) is 13.4.